The first-order valence-electron chi connectivity index (χ1n) is 6.21. The molecule has 1 aromatic carbocycles. The standard InChI is InChI=1S/C16H14N2O/c1-10-6-7-11(2)15-14(10)12(9-19)16(18-15)13-5-3-4-8-17-13/h3-9,18H,1-2H3. The second-order valence-electron chi connectivity index (χ2n) is 4.70. The molecule has 0 spiro atoms. The van der Waals surface area contributed by atoms with Gasteiger partial charge in [0.1, 0.15) is 0 Å². The van der Waals surface area contributed by atoms with E-state index in [0.29, 0.717) is 5.56 Å². The summed E-state index contributed by atoms with van der Waals surface area (Å²) in [4.78, 5) is 19.2. The van der Waals surface area contributed by atoms with Crippen LogP contribution in [-0.2, 0) is 0 Å². The lowest BCUT2D eigenvalue weighted by atomic mass is 10.0. The van der Waals surface area contributed by atoms with Crippen LogP contribution in [-0.4, -0.2) is 16.3 Å². The zero-order chi connectivity index (χ0) is 13.4. The van der Waals surface area contributed by atoms with E-state index >= 15 is 0 Å². The fourth-order valence-electron chi connectivity index (χ4n) is 2.47. The summed E-state index contributed by atoms with van der Waals surface area (Å²) in [6.07, 6.45) is 2.64. The van der Waals surface area contributed by atoms with Crippen molar-refractivity contribution in [3.63, 3.8) is 0 Å². The van der Waals surface area contributed by atoms with Crippen LogP contribution in [0.4, 0.5) is 0 Å². The number of carbonyl (C=O) groups is 1. The van der Waals surface area contributed by atoms with Crippen molar-refractivity contribution in [2.45, 2.75) is 13.8 Å². The van der Waals surface area contributed by atoms with Crippen LogP contribution >= 0.6 is 0 Å². The minimum Gasteiger partial charge on any atom is -0.352 e. The quantitative estimate of drug-likeness (QED) is 0.705. The number of aldehydes is 1. The Morgan fingerprint density at radius 2 is 1.89 bits per heavy atom. The van der Waals surface area contributed by atoms with Gasteiger partial charge in [-0.2, -0.15) is 0 Å². The van der Waals surface area contributed by atoms with E-state index in [1.807, 2.05) is 38.1 Å². The summed E-state index contributed by atoms with van der Waals surface area (Å²) < 4.78 is 0. The van der Waals surface area contributed by atoms with Crippen molar-refractivity contribution >= 4 is 17.2 Å². The van der Waals surface area contributed by atoms with Gasteiger partial charge in [0.25, 0.3) is 0 Å². The molecule has 2 aromatic heterocycles. The Bertz CT molecular complexity index is 757. The van der Waals surface area contributed by atoms with E-state index in [1.165, 1.54) is 0 Å². The number of rotatable bonds is 2. The Hall–Kier alpha value is -2.42. The molecule has 0 saturated carbocycles. The van der Waals surface area contributed by atoms with Crippen LogP contribution in [0, 0.1) is 13.8 Å². The highest BCUT2D eigenvalue weighted by Gasteiger charge is 2.16. The van der Waals surface area contributed by atoms with E-state index in [0.717, 1.165) is 39.7 Å². The average molecular weight is 250 g/mol. The molecule has 0 aliphatic heterocycles. The number of carbonyl (C=O) groups excluding carboxylic acids is 1. The van der Waals surface area contributed by atoms with Crippen LogP contribution in [0.1, 0.15) is 21.5 Å². The van der Waals surface area contributed by atoms with Gasteiger partial charge in [-0.15, -0.1) is 0 Å². The monoisotopic (exact) mass is 250 g/mol. The molecule has 2 heterocycles. The molecular weight excluding hydrogens is 236 g/mol. The highest BCUT2D eigenvalue weighted by atomic mass is 16.1. The summed E-state index contributed by atoms with van der Waals surface area (Å²) in [5.41, 5.74) is 5.52. The third kappa shape index (κ3) is 1.74. The number of aryl methyl sites for hydroxylation is 2. The van der Waals surface area contributed by atoms with Crippen molar-refractivity contribution in [2.75, 3.05) is 0 Å². The molecule has 0 radical (unpaired) electrons. The smallest absolute Gasteiger partial charge is 0.152 e. The van der Waals surface area contributed by atoms with Crippen molar-refractivity contribution in [2.24, 2.45) is 0 Å². The number of aromatic nitrogens is 2. The number of nitrogens with one attached hydrogen (secondary N) is 1. The number of H-pyrrole nitrogens is 1. The van der Waals surface area contributed by atoms with Crippen molar-refractivity contribution < 1.29 is 4.79 Å². The molecule has 1 N–H and O–H groups in total. The Labute approximate surface area is 111 Å². The summed E-state index contributed by atoms with van der Waals surface area (Å²) >= 11 is 0. The van der Waals surface area contributed by atoms with Gasteiger partial charge in [0.15, 0.2) is 6.29 Å². The van der Waals surface area contributed by atoms with Gasteiger partial charge in [0.05, 0.1) is 11.4 Å². The first-order valence-corrected chi connectivity index (χ1v) is 6.21. The minimum atomic E-state index is 0.690. The predicted octanol–water partition coefficient (Wildman–Crippen LogP) is 3.66. The molecule has 0 amide bonds. The molecular formula is C16H14N2O. The third-order valence-corrected chi connectivity index (χ3v) is 3.45. The van der Waals surface area contributed by atoms with Crippen molar-refractivity contribution in [3.8, 4) is 11.4 Å². The molecule has 3 aromatic rings. The molecule has 0 aliphatic carbocycles. The molecule has 0 aliphatic rings. The number of nitrogens with zero attached hydrogens (tertiary/aromatic N) is 1. The largest absolute Gasteiger partial charge is 0.352 e. The van der Waals surface area contributed by atoms with E-state index in [4.69, 9.17) is 0 Å². The molecule has 0 fully saturated rings. The zero-order valence-corrected chi connectivity index (χ0v) is 10.9. The molecule has 3 heteroatoms. The van der Waals surface area contributed by atoms with Crippen molar-refractivity contribution in [3.05, 3.63) is 53.2 Å². The topological polar surface area (TPSA) is 45.8 Å². The molecule has 3 rings (SSSR count). The number of aromatic amines is 1. The fraction of sp³-hybridized carbons (Fsp3) is 0.125. The van der Waals surface area contributed by atoms with E-state index < -0.39 is 0 Å². The van der Waals surface area contributed by atoms with Crippen LogP contribution in [0.5, 0.6) is 0 Å². The molecule has 0 saturated heterocycles. The van der Waals surface area contributed by atoms with E-state index in [2.05, 4.69) is 16.0 Å². The van der Waals surface area contributed by atoms with Gasteiger partial charge < -0.3 is 4.98 Å². The summed E-state index contributed by atoms with van der Waals surface area (Å²) in [6.45, 7) is 4.06. The van der Waals surface area contributed by atoms with Crippen molar-refractivity contribution in [1.29, 1.82) is 0 Å². The van der Waals surface area contributed by atoms with Crippen LogP contribution in [0.3, 0.4) is 0 Å². The van der Waals surface area contributed by atoms with Gasteiger partial charge in [0.2, 0.25) is 0 Å². The second-order valence-corrected chi connectivity index (χ2v) is 4.70. The summed E-state index contributed by atoms with van der Waals surface area (Å²) in [7, 11) is 0. The SMILES string of the molecule is Cc1ccc(C)c2c(C=O)c(-c3ccccn3)[nH]c12. The highest BCUT2D eigenvalue weighted by molar-refractivity contribution is 6.06. The lowest BCUT2D eigenvalue weighted by molar-refractivity contribution is 0.112. The minimum absolute atomic E-state index is 0.690. The molecule has 3 nitrogen and oxygen atoms in total. The van der Waals surface area contributed by atoms with Gasteiger partial charge in [-0.25, -0.2) is 0 Å². The average Bonchev–Trinajstić information content (AvgIpc) is 2.84. The second kappa shape index (κ2) is 4.35. The summed E-state index contributed by atoms with van der Waals surface area (Å²) in [5, 5.41) is 0.996. The summed E-state index contributed by atoms with van der Waals surface area (Å²) in [5.74, 6) is 0. The van der Waals surface area contributed by atoms with E-state index in [1.54, 1.807) is 6.20 Å². The van der Waals surface area contributed by atoms with Gasteiger partial charge in [-0.3, -0.25) is 9.78 Å². The molecule has 94 valence electrons. The summed E-state index contributed by atoms with van der Waals surface area (Å²) in [6, 6.07) is 9.79. The zero-order valence-electron chi connectivity index (χ0n) is 10.9. The Kier molecular flexibility index (Phi) is 2.67. The normalized spacial score (nSPS) is 10.8. The third-order valence-electron chi connectivity index (χ3n) is 3.45. The van der Waals surface area contributed by atoms with Crippen LogP contribution < -0.4 is 0 Å². The maximum atomic E-state index is 11.5. The first-order chi connectivity index (χ1) is 9.22. The van der Waals surface area contributed by atoms with Gasteiger partial charge in [0, 0.05) is 22.7 Å². The number of hydrogen-bond acceptors (Lipinski definition) is 2. The van der Waals surface area contributed by atoms with Crippen LogP contribution in [0.2, 0.25) is 0 Å². The highest BCUT2D eigenvalue weighted by Crippen LogP contribution is 2.31. The molecule has 19 heavy (non-hydrogen) atoms. The van der Waals surface area contributed by atoms with Crippen LogP contribution in [0.15, 0.2) is 36.5 Å². The number of hydrogen-bond donors (Lipinski definition) is 1. The van der Waals surface area contributed by atoms with Gasteiger partial charge in [-0.05, 0) is 37.1 Å². The lowest BCUT2D eigenvalue weighted by Gasteiger charge is -2.00. The van der Waals surface area contributed by atoms with Crippen LogP contribution in [0.25, 0.3) is 22.3 Å². The Balaban J connectivity index is 2.42. The maximum absolute atomic E-state index is 11.5. The maximum Gasteiger partial charge on any atom is 0.152 e. The van der Waals surface area contributed by atoms with Gasteiger partial charge in [-0.1, -0.05) is 18.2 Å². The fourth-order valence-corrected chi connectivity index (χ4v) is 2.47. The van der Waals surface area contributed by atoms with Gasteiger partial charge >= 0.3 is 0 Å². The lowest BCUT2D eigenvalue weighted by Crippen LogP contribution is -1.87. The number of fused-ring (bicyclic) bond motifs is 1. The first kappa shape index (κ1) is 11.7. The molecule has 0 bridgehead atoms. The number of pyridine rings is 1. The van der Waals surface area contributed by atoms with E-state index in [9.17, 15) is 4.79 Å². The molecule has 0 unspecified atom stereocenters. The predicted molar refractivity (Wildman–Crippen MR) is 76.4 cm³/mol. The molecule has 0 atom stereocenters. The van der Waals surface area contributed by atoms with E-state index in [-0.39, 0.29) is 0 Å². The Morgan fingerprint density at radius 3 is 2.58 bits per heavy atom. The Morgan fingerprint density at radius 1 is 1.11 bits per heavy atom. The van der Waals surface area contributed by atoms with Crippen molar-refractivity contribution in [1.82, 2.24) is 9.97 Å². The number of benzene rings is 1.